The molecular formula is C19H16Cl2N2O2. The molecule has 2 N–H and O–H groups in total. The van der Waals surface area contributed by atoms with Gasteiger partial charge in [-0.3, -0.25) is 10.1 Å². The first kappa shape index (κ1) is 16.5. The van der Waals surface area contributed by atoms with Crippen LogP contribution in [0.2, 0.25) is 10.0 Å². The monoisotopic (exact) mass is 374 g/mol. The molecule has 2 heterocycles. The van der Waals surface area contributed by atoms with Gasteiger partial charge >= 0.3 is 5.97 Å². The molecule has 4 nitrogen and oxygen atoms in total. The number of hydrogen-bond acceptors (Lipinski definition) is 3. The summed E-state index contributed by atoms with van der Waals surface area (Å²) in [4.78, 5) is 15.7. The number of rotatable bonds is 2. The molecular weight excluding hydrogens is 359 g/mol. The second-order valence-corrected chi connectivity index (χ2v) is 6.89. The fourth-order valence-electron chi connectivity index (χ4n) is 3.54. The van der Waals surface area contributed by atoms with E-state index in [1.54, 1.807) is 18.2 Å². The Morgan fingerprint density at radius 1 is 1.12 bits per heavy atom. The zero-order valence-corrected chi connectivity index (χ0v) is 15.0. The van der Waals surface area contributed by atoms with Gasteiger partial charge in [-0.1, -0.05) is 47.5 Å². The quantitative estimate of drug-likeness (QED) is 0.659. The topological polar surface area (TPSA) is 54.1 Å². The smallest absolute Gasteiger partial charge is 0.323 e. The van der Waals surface area contributed by atoms with E-state index < -0.39 is 6.04 Å². The lowest BCUT2D eigenvalue weighted by atomic mass is 9.90. The van der Waals surface area contributed by atoms with Gasteiger partial charge in [0, 0.05) is 38.6 Å². The molecule has 0 unspecified atom stereocenters. The molecule has 0 saturated carbocycles. The average Bonchev–Trinajstić information content (AvgIpc) is 2.99. The summed E-state index contributed by atoms with van der Waals surface area (Å²) in [6.07, 6.45) is 0.546. The van der Waals surface area contributed by atoms with E-state index in [9.17, 15) is 4.79 Å². The number of fused-ring (bicyclic) bond motifs is 3. The predicted octanol–water partition coefficient (Wildman–Crippen LogP) is 4.25. The summed E-state index contributed by atoms with van der Waals surface area (Å²) in [5.74, 6) is -0.302. The van der Waals surface area contributed by atoms with Crippen LogP contribution in [0.1, 0.15) is 22.9 Å². The number of carbonyl (C=O) groups is 1. The van der Waals surface area contributed by atoms with Gasteiger partial charge < -0.3 is 9.72 Å². The van der Waals surface area contributed by atoms with Crippen LogP contribution in [-0.2, 0) is 16.0 Å². The minimum atomic E-state index is -0.464. The summed E-state index contributed by atoms with van der Waals surface area (Å²) in [5, 5.41) is 5.55. The SMILES string of the molecule is COC(=O)[C@H]1Cc2c([nH]c3ccccc23)[C@@H](c2c(Cl)cccc2Cl)N1. The standard InChI is InChI=1S/C19H16Cl2N2O2/c1-25-19(24)15-9-11-10-5-2-3-8-14(10)22-17(11)18(23-15)16-12(20)6-4-7-13(16)21/h2-8,15,18,22-23H,9H2,1H3/t15-,18-/m1/s1. The zero-order chi connectivity index (χ0) is 17.6. The van der Waals surface area contributed by atoms with E-state index in [4.69, 9.17) is 27.9 Å². The van der Waals surface area contributed by atoms with Gasteiger partial charge in [-0.15, -0.1) is 0 Å². The second kappa shape index (κ2) is 6.37. The van der Waals surface area contributed by atoms with Crippen LogP contribution in [0, 0.1) is 0 Å². The van der Waals surface area contributed by atoms with Crippen LogP contribution >= 0.6 is 23.2 Å². The average molecular weight is 375 g/mol. The maximum absolute atomic E-state index is 12.2. The minimum Gasteiger partial charge on any atom is -0.468 e. The lowest BCUT2D eigenvalue weighted by Crippen LogP contribution is -2.45. The zero-order valence-electron chi connectivity index (χ0n) is 13.5. The number of hydrogen-bond donors (Lipinski definition) is 2. The molecule has 0 bridgehead atoms. The minimum absolute atomic E-state index is 0.302. The van der Waals surface area contributed by atoms with Crippen LogP contribution in [0.3, 0.4) is 0 Å². The fraction of sp³-hybridized carbons (Fsp3) is 0.211. The maximum atomic E-state index is 12.2. The Kier molecular flexibility index (Phi) is 4.20. The van der Waals surface area contributed by atoms with E-state index in [0.717, 1.165) is 27.7 Å². The number of benzene rings is 2. The Morgan fingerprint density at radius 2 is 1.84 bits per heavy atom. The lowest BCUT2D eigenvalue weighted by molar-refractivity contribution is -0.143. The molecule has 4 rings (SSSR count). The summed E-state index contributed by atoms with van der Waals surface area (Å²) in [6.45, 7) is 0. The summed E-state index contributed by atoms with van der Waals surface area (Å²) in [5.41, 5.74) is 3.85. The van der Waals surface area contributed by atoms with Crippen molar-refractivity contribution >= 4 is 40.1 Å². The van der Waals surface area contributed by atoms with Crippen molar-refractivity contribution in [3.8, 4) is 0 Å². The van der Waals surface area contributed by atoms with Crippen LogP contribution in [0.15, 0.2) is 42.5 Å². The number of halogens is 2. The molecule has 2 atom stereocenters. The van der Waals surface area contributed by atoms with Gasteiger partial charge in [-0.2, -0.15) is 0 Å². The molecule has 0 spiro atoms. The number of carbonyl (C=O) groups excluding carboxylic acids is 1. The summed E-state index contributed by atoms with van der Waals surface area (Å²) in [6, 6.07) is 12.7. The molecule has 0 amide bonds. The summed E-state index contributed by atoms with van der Waals surface area (Å²) < 4.78 is 4.96. The Morgan fingerprint density at radius 3 is 2.56 bits per heavy atom. The number of aromatic nitrogens is 1. The van der Waals surface area contributed by atoms with E-state index in [2.05, 4.69) is 16.4 Å². The third-order valence-electron chi connectivity index (χ3n) is 4.69. The molecule has 0 saturated heterocycles. The second-order valence-electron chi connectivity index (χ2n) is 6.08. The Bertz CT molecular complexity index is 947. The van der Waals surface area contributed by atoms with E-state index in [1.807, 2.05) is 18.2 Å². The Balaban J connectivity index is 1.93. The molecule has 128 valence electrons. The third kappa shape index (κ3) is 2.71. The van der Waals surface area contributed by atoms with Crippen molar-refractivity contribution < 1.29 is 9.53 Å². The van der Waals surface area contributed by atoms with E-state index in [-0.39, 0.29) is 12.0 Å². The van der Waals surface area contributed by atoms with Gasteiger partial charge in [-0.05, 0) is 23.8 Å². The van der Waals surface area contributed by atoms with Gasteiger partial charge in [0.1, 0.15) is 6.04 Å². The van der Waals surface area contributed by atoms with Gasteiger partial charge in [-0.25, -0.2) is 0 Å². The molecule has 1 aliphatic rings. The molecule has 1 aliphatic heterocycles. The Labute approximate surface area is 155 Å². The number of ether oxygens (including phenoxy) is 1. The number of methoxy groups -OCH3 is 1. The number of para-hydroxylation sites is 1. The first-order chi connectivity index (χ1) is 12.1. The maximum Gasteiger partial charge on any atom is 0.323 e. The van der Waals surface area contributed by atoms with E-state index >= 15 is 0 Å². The molecule has 1 aromatic heterocycles. The molecule has 0 radical (unpaired) electrons. The molecule has 6 heteroatoms. The first-order valence-corrected chi connectivity index (χ1v) is 8.73. The van der Waals surface area contributed by atoms with Gasteiger partial charge in [0.25, 0.3) is 0 Å². The molecule has 0 aliphatic carbocycles. The Hall–Kier alpha value is -2.01. The van der Waals surface area contributed by atoms with Gasteiger partial charge in [0.05, 0.1) is 13.2 Å². The van der Waals surface area contributed by atoms with Gasteiger partial charge in [0.2, 0.25) is 0 Å². The van der Waals surface area contributed by atoms with Gasteiger partial charge in [0.15, 0.2) is 0 Å². The van der Waals surface area contributed by atoms with Crippen molar-refractivity contribution in [2.45, 2.75) is 18.5 Å². The van der Waals surface area contributed by atoms with Crippen molar-refractivity contribution in [3.05, 3.63) is 69.3 Å². The summed E-state index contributed by atoms with van der Waals surface area (Å²) in [7, 11) is 1.40. The van der Waals surface area contributed by atoms with Crippen molar-refractivity contribution in [2.75, 3.05) is 7.11 Å². The number of aromatic amines is 1. The van der Waals surface area contributed by atoms with E-state index in [0.29, 0.717) is 16.5 Å². The highest BCUT2D eigenvalue weighted by atomic mass is 35.5. The number of nitrogens with one attached hydrogen (secondary N) is 2. The van der Waals surface area contributed by atoms with E-state index in [1.165, 1.54) is 7.11 Å². The normalized spacial score (nSPS) is 19.6. The van der Waals surface area contributed by atoms with Crippen molar-refractivity contribution in [1.82, 2.24) is 10.3 Å². The third-order valence-corrected chi connectivity index (χ3v) is 5.34. The highest BCUT2D eigenvalue weighted by Gasteiger charge is 2.36. The van der Waals surface area contributed by atoms with Crippen LogP contribution in [0.5, 0.6) is 0 Å². The largest absolute Gasteiger partial charge is 0.468 e. The molecule has 0 fully saturated rings. The highest BCUT2D eigenvalue weighted by molar-refractivity contribution is 6.36. The molecule has 2 aromatic carbocycles. The number of esters is 1. The van der Waals surface area contributed by atoms with Crippen LogP contribution in [0.25, 0.3) is 10.9 Å². The molecule has 3 aromatic rings. The summed E-state index contributed by atoms with van der Waals surface area (Å²) >= 11 is 12.9. The predicted molar refractivity (Wildman–Crippen MR) is 99.2 cm³/mol. The van der Waals surface area contributed by atoms with Crippen molar-refractivity contribution in [2.24, 2.45) is 0 Å². The van der Waals surface area contributed by atoms with Crippen LogP contribution in [-0.4, -0.2) is 24.1 Å². The van der Waals surface area contributed by atoms with Crippen LogP contribution in [0.4, 0.5) is 0 Å². The molecule has 25 heavy (non-hydrogen) atoms. The number of H-pyrrole nitrogens is 1. The van der Waals surface area contributed by atoms with Crippen molar-refractivity contribution in [3.63, 3.8) is 0 Å². The van der Waals surface area contributed by atoms with Crippen LogP contribution < -0.4 is 5.32 Å². The lowest BCUT2D eigenvalue weighted by Gasteiger charge is -2.31. The first-order valence-electron chi connectivity index (χ1n) is 7.97. The van der Waals surface area contributed by atoms with Crippen molar-refractivity contribution in [1.29, 1.82) is 0 Å². The highest BCUT2D eigenvalue weighted by Crippen LogP contribution is 2.40. The fourth-order valence-corrected chi connectivity index (χ4v) is 4.16.